The van der Waals surface area contributed by atoms with E-state index in [2.05, 4.69) is 16.8 Å². The van der Waals surface area contributed by atoms with Crippen LogP contribution in [0.25, 0.3) is 0 Å². The van der Waals surface area contributed by atoms with Crippen molar-refractivity contribution in [1.29, 1.82) is 0 Å². The zero-order chi connectivity index (χ0) is 11.7. The summed E-state index contributed by atoms with van der Waals surface area (Å²) in [5.74, 6) is -0.0323. The lowest BCUT2D eigenvalue weighted by Crippen LogP contribution is -2.60. The summed E-state index contributed by atoms with van der Waals surface area (Å²) in [6.07, 6.45) is 1.93. The predicted molar refractivity (Wildman–Crippen MR) is 62.1 cm³/mol. The Morgan fingerprint density at radius 1 is 1.56 bits per heavy atom. The van der Waals surface area contributed by atoms with Gasteiger partial charge in [-0.3, -0.25) is 9.69 Å². The van der Waals surface area contributed by atoms with Crippen molar-refractivity contribution in [2.45, 2.75) is 38.5 Å². The molecule has 3 unspecified atom stereocenters. The number of rotatable bonds is 4. The quantitative estimate of drug-likeness (QED) is 0.709. The molecule has 0 aromatic rings. The van der Waals surface area contributed by atoms with Crippen LogP contribution in [0.1, 0.15) is 20.3 Å². The molecule has 90 valence electrons. The molecular weight excluding hydrogens is 204 g/mol. The maximum Gasteiger partial charge on any atom is 0.248 e. The number of nitrogens with one attached hydrogen (secondary N) is 1. The molecule has 0 aromatic carbocycles. The third-order valence-corrected chi connectivity index (χ3v) is 3.47. The first-order valence-corrected chi connectivity index (χ1v) is 5.98. The van der Waals surface area contributed by atoms with Crippen LogP contribution < -0.4 is 5.32 Å². The molecule has 1 N–H and O–H groups in total. The van der Waals surface area contributed by atoms with Crippen LogP contribution in [0.3, 0.4) is 0 Å². The molecule has 3 saturated heterocycles. The number of carbonyl (C=O) groups excluding carboxylic acids is 1. The number of piperidine rings is 1. The topological polar surface area (TPSA) is 41.6 Å². The van der Waals surface area contributed by atoms with Crippen molar-refractivity contribution in [3.63, 3.8) is 0 Å². The lowest BCUT2D eigenvalue weighted by Gasteiger charge is -2.49. The third-order valence-electron chi connectivity index (χ3n) is 3.47. The van der Waals surface area contributed by atoms with Gasteiger partial charge in [-0.2, -0.15) is 0 Å². The second-order valence-corrected chi connectivity index (χ2v) is 4.63. The standard InChI is InChI=1S/C12H20N2O2/c1-4-13-12(15)8(2)9(3)14-6-10-5-11(7-14)16-10/h9-11H,2,4-7H2,1,3H3,(H,13,15). The zero-order valence-corrected chi connectivity index (χ0v) is 10.0. The zero-order valence-electron chi connectivity index (χ0n) is 10.0. The molecule has 2 bridgehead atoms. The molecule has 4 nitrogen and oxygen atoms in total. The lowest BCUT2D eigenvalue weighted by molar-refractivity contribution is -0.185. The van der Waals surface area contributed by atoms with Crippen molar-refractivity contribution in [2.75, 3.05) is 19.6 Å². The van der Waals surface area contributed by atoms with Crippen LogP contribution in [0.2, 0.25) is 0 Å². The summed E-state index contributed by atoms with van der Waals surface area (Å²) >= 11 is 0. The van der Waals surface area contributed by atoms with Gasteiger partial charge in [0.25, 0.3) is 0 Å². The van der Waals surface area contributed by atoms with Gasteiger partial charge in [0, 0.05) is 37.7 Å². The number of hydrogen-bond acceptors (Lipinski definition) is 3. The molecule has 3 atom stereocenters. The molecule has 3 fully saturated rings. The monoisotopic (exact) mass is 224 g/mol. The molecule has 0 aromatic heterocycles. The van der Waals surface area contributed by atoms with Crippen LogP contribution in [0.4, 0.5) is 0 Å². The van der Waals surface area contributed by atoms with E-state index in [1.165, 1.54) is 6.42 Å². The molecule has 0 saturated carbocycles. The number of carbonyl (C=O) groups is 1. The maximum absolute atomic E-state index is 11.7. The number of morpholine rings is 1. The average molecular weight is 224 g/mol. The van der Waals surface area contributed by atoms with Crippen LogP contribution in [0, 0.1) is 0 Å². The van der Waals surface area contributed by atoms with E-state index in [1.54, 1.807) is 0 Å². The minimum Gasteiger partial charge on any atom is -0.372 e. The van der Waals surface area contributed by atoms with Gasteiger partial charge in [-0.1, -0.05) is 6.58 Å². The minimum atomic E-state index is -0.0323. The largest absolute Gasteiger partial charge is 0.372 e. The Hall–Kier alpha value is -0.870. The summed E-state index contributed by atoms with van der Waals surface area (Å²) in [5, 5.41) is 2.79. The van der Waals surface area contributed by atoms with E-state index in [-0.39, 0.29) is 11.9 Å². The second-order valence-electron chi connectivity index (χ2n) is 4.63. The summed E-state index contributed by atoms with van der Waals surface area (Å²) in [5.41, 5.74) is 0.656. The number of nitrogens with zero attached hydrogens (tertiary/aromatic N) is 1. The molecule has 1 amide bonds. The normalized spacial score (nSPS) is 30.4. The van der Waals surface area contributed by atoms with Gasteiger partial charge in [-0.15, -0.1) is 0 Å². The number of fused-ring (bicyclic) bond motifs is 2. The Morgan fingerprint density at radius 2 is 2.12 bits per heavy atom. The lowest BCUT2D eigenvalue weighted by atomic mass is 9.95. The fraction of sp³-hybridized carbons (Fsp3) is 0.750. The number of hydrogen-bond donors (Lipinski definition) is 1. The Kier molecular flexibility index (Phi) is 3.30. The van der Waals surface area contributed by atoms with Crippen LogP contribution in [-0.4, -0.2) is 48.7 Å². The summed E-state index contributed by atoms with van der Waals surface area (Å²) in [6.45, 7) is 10.4. The van der Waals surface area contributed by atoms with Crippen LogP contribution >= 0.6 is 0 Å². The van der Waals surface area contributed by atoms with Gasteiger partial charge in [0.2, 0.25) is 5.91 Å². The van der Waals surface area contributed by atoms with Crippen LogP contribution in [-0.2, 0) is 9.53 Å². The van der Waals surface area contributed by atoms with Gasteiger partial charge in [0.1, 0.15) is 0 Å². The third kappa shape index (κ3) is 2.13. The Bertz CT molecular complexity index is 287. The first kappa shape index (κ1) is 11.6. The second kappa shape index (κ2) is 4.55. The molecule has 0 aliphatic carbocycles. The van der Waals surface area contributed by atoms with Gasteiger partial charge in [0.05, 0.1) is 12.2 Å². The van der Waals surface area contributed by atoms with Crippen LogP contribution in [0.5, 0.6) is 0 Å². The molecule has 16 heavy (non-hydrogen) atoms. The molecule has 3 rings (SSSR count). The van der Waals surface area contributed by atoms with E-state index < -0.39 is 0 Å². The molecule has 4 heteroatoms. The van der Waals surface area contributed by atoms with Gasteiger partial charge >= 0.3 is 0 Å². The number of likely N-dealkylation sites (N-methyl/N-ethyl adjacent to an activating group) is 1. The molecule has 0 spiro atoms. The van der Waals surface area contributed by atoms with Gasteiger partial charge in [0.15, 0.2) is 0 Å². The fourth-order valence-electron chi connectivity index (χ4n) is 2.39. The van der Waals surface area contributed by atoms with Gasteiger partial charge in [-0.25, -0.2) is 0 Å². The van der Waals surface area contributed by atoms with E-state index in [4.69, 9.17) is 4.74 Å². The highest BCUT2D eigenvalue weighted by molar-refractivity contribution is 5.93. The van der Waals surface area contributed by atoms with Crippen LogP contribution in [0.15, 0.2) is 12.2 Å². The fourth-order valence-corrected chi connectivity index (χ4v) is 2.39. The molecule has 3 heterocycles. The van der Waals surface area contributed by atoms with Crippen molar-refractivity contribution in [1.82, 2.24) is 10.2 Å². The summed E-state index contributed by atoms with van der Waals surface area (Å²) < 4.78 is 5.57. The summed E-state index contributed by atoms with van der Waals surface area (Å²) in [7, 11) is 0. The molecule has 0 radical (unpaired) electrons. The van der Waals surface area contributed by atoms with Gasteiger partial charge < -0.3 is 10.1 Å². The number of ether oxygens (including phenoxy) is 1. The Balaban J connectivity index is 1.89. The average Bonchev–Trinajstić information content (AvgIpc) is 2.26. The van der Waals surface area contributed by atoms with Crippen molar-refractivity contribution in [2.24, 2.45) is 0 Å². The van der Waals surface area contributed by atoms with E-state index in [0.717, 1.165) is 13.1 Å². The van der Waals surface area contributed by atoms with Crippen molar-refractivity contribution < 1.29 is 9.53 Å². The van der Waals surface area contributed by atoms with E-state index in [9.17, 15) is 4.79 Å². The molecule has 3 aliphatic rings. The summed E-state index contributed by atoms with van der Waals surface area (Å²) in [6, 6.07) is 0.112. The highest BCUT2D eigenvalue weighted by Crippen LogP contribution is 2.30. The maximum atomic E-state index is 11.7. The number of amides is 1. The summed E-state index contributed by atoms with van der Waals surface area (Å²) in [4.78, 5) is 13.9. The SMILES string of the molecule is C=C(C(=O)NCC)C(C)N1CC2CC(C1)O2. The highest BCUT2D eigenvalue weighted by atomic mass is 16.5. The van der Waals surface area contributed by atoms with Gasteiger partial charge in [-0.05, 0) is 13.8 Å². The molecule has 3 aliphatic heterocycles. The minimum absolute atomic E-state index is 0.0323. The first-order valence-electron chi connectivity index (χ1n) is 5.98. The highest BCUT2D eigenvalue weighted by Gasteiger charge is 2.40. The smallest absolute Gasteiger partial charge is 0.248 e. The van der Waals surface area contributed by atoms with E-state index >= 15 is 0 Å². The van der Waals surface area contributed by atoms with E-state index in [1.807, 2.05) is 13.8 Å². The van der Waals surface area contributed by atoms with Crippen molar-refractivity contribution in [3.05, 3.63) is 12.2 Å². The molecular formula is C12H20N2O2. The Labute approximate surface area is 96.6 Å². The predicted octanol–water partition coefficient (Wildman–Crippen LogP) is 0.540. The van der Waals surface area contributed by atoms with Crippen molar-refractivity contribution in [3.8, 4) is 0 Å². The van der Waals surface area contributed by atoms with Crippen molar-refractivity contribution >= 4 is 5.91 Å². The van der Waals surface area contributed by atoms with E-state index in [0.29, 0.717) is 24.3 Å². The Morgan fingerprint density at radius 3 is 2.62 bits per heavy atom. The first-order chi connectivity index (χ1) is 7.61.